The molecular formula is C23H23NO5S. The van der Waals surface area contributed by atoms with Gasteiger partial charge >= 0.3 is 6.09 Å². The van der Waals surface area contributed by atoms with Crippen molar-refractivity contribution in [2.45, 2.75) is 22.8 Å². The summed E-state index contributed by atoms with van der Waals surface area (Å²) in [6.07, 6.45) is -0.511. The molecule has 0 spiro atoms. The maximum atomic E-state index is 12.9. The van der Waals surface area contributed by atoms with Crippen LogP contribution in [0.3, 0.4) is 0 Å². The fraction of sp³-hybridized carbons (Fsp3) is 0.174. The lowest BCUT2D eigenvalue weighted by Crippen LogP contribution is -2.30. The molecule has 0 atom stereocenters. The van der Waals surface area contributed by atoms with Crippen LogP contribution in [0.1, 0.15) is 11.1 Å². The minimum Gasteiger partial charge on any atom is -0.495 e. The molecule has 30 heavy (non-hydrogen) atoms. The smallest absolute Gasteiger partial charge is 0.407 e. The molecule has 6 nitrogen and oxygen atoms in total. The van der Waals surface area contributed by atoms with E-state index in [2.05, 4.69) is 0 Å². The Morgan fingerprint density at radius 1 is 0.900 bits per heavy atom. The quantitative estimate of drug-likeness (QED) is 0.583. The molecule has 0 unspecified atom stereocenters. The van der Waals surface area contributed by atoms with E-state index in [1.165, 1.54) is 18.1 Å². The van der Waals surface area contributed by atoms with Crippen molar-refractivity contribution in [2.24, 2.45) is 0 Å². The highest BCUT2D eigenvalue weighted by atomic mass is 32.2. The third-order valence-corrected chi connectivity index (χ3v) is 6.56. The van der Waals surface area contributed by atoms with E-state index in [0.717, 1.165) is 11.1 Å². The van der Waals surface area contributed by atoms with Crippen LogP contribution < -0.4 is 4.74 Å². The topological polar surface area (TPSA) is 83.9 Å². The van der Waals surface area contributed by atoms with E-state index < -0.39 is 15.9 Å². The normalized spacial score (nSPS) is 11.1. The molecule has 0 aromatic heterocycles. The van der Waals surface area contributed by atoms with Gasteiger partial charge < -0.3 is 14.7 Å². The van der Waals surface area contributed by atoms with Crippen molar-refractivity contribution in [1.82, 2.24) is 4.90 Å². The zero-order valence-corrected chi connectivity index (χ0v) is 17.4. The highest BCUT2D eigenvalue weighted by Gasteiger charge is 2.21. The van der Waals surface area contributed by atoms with Crippen LogP contribution in [0.15, 0.2) is 88.7 Å². The molecule has 0 aliphatic rings. The number of amides is 1. The predicted molar refractivity (Wildman–Crippen MR) is 113 cm³/mol. The van der Waals surface area contributed by atoms with Crippen LogP contribution in [0.4, 0.5) is 4.79 Å². The lowest BCUT2D eigenvalue weighted by Gasteiger charge is -2.19. The van der Waals surface area contributed by atoms with E-state index in [1.807, 2.05) is 30.3 Å². The Morgan fingerprint density at radius 2 is 1.53 bits per heavy atom. The molecular weight excluding hydrogens is 402 g/mol. The average Bonchev–Trinajstić information content (AvgIpc) is 2.77. The Kier molecular flexibility index (Phi) is 6.74. The van der Waals surface area contributed by atoms with Crippen molar-refractivity contribution >= 4 is 15.9 Å². The molecule has 0 radical (unpaired) electrons. The van der Waals surface area contributed by atoms with E-state index in [4.69, 9.17) is 4.74 Å². The summed E-state index contributed by atoms with van der Waals surface area (Å²) < 4.78 is 31.0. The zero-order valence-electron chi connectivity index (χ0n) is 16.6. The summed E-state index contributed by atoms with van der Waals surface area (Å²) in [5.74, 6) is 0.291. The van der Waals surface area contributed by atoms with E-state index in [0.29, 0.717) is 25.3 Å². The van der Waals surface area contributed by atoms with Gasteiger partial charge in [-0.25, -0.2) is 13.2 Å². The highest BCUT2D eigenvalue weighted by molar-refractivity contribution is 7.91. The van der Waals surface area contributed by atoms with Gasteiger partial charge in [-0.2, -0.15) is 0 Å². The zero-order chi connectivity index (χ0) is 21.6. The van der Waals surface area contributed by atoms with Gasteiger partial charge in [0.05, 0.1) is 12.0 Å². The number of benzene rings is 3. The highest BCUT2D eigenvalue weighted by Crippen LogP contribution is 2.29. The number of carbonyl (C=O) groups is 1. The molecule has 0 saturated heterocycles. The van der Waals surface area contributed by atoms with E-state index in [9.17, 15) is 18.3 Å². The molecule has 3 aromatic rings. The fourth-order valence-electron chi connectivity index (χ4n) is 3.11. The molecule has 156 valence electrons. The second-order valence-electron chi connectivity index (χ2n) is 6.74. The molecule has 3 aromatic carbocycles. The van der Waals surface area contributed by atoms with Crippen molar-refractivity contribution in [1.29, 1.82) is 0 Å². The van der Waals surface area contributed by atoms with Crippen molar-refractivity contribution in [3.63, 3.8) is 0 Å². The number of ether oxygens (including phenoxy) is 1. The maximum Gasteiger partial charge on any atom is 0.407 e. The molecule has 0 aliphatic carbocycles. The average molecular weight is 426 g/mol. The summed E-state index contributed by atoms with van der Waals surface area (Å²) in [5, 5.41) is 9.47. The van der Waals surface area contributed by atoms with Gasteiger partial charge in [-0.1, -0.05) is 54.6 Å². The molecule has 1 N–H and O–H groups in total. The van der Waals surface area contributed by atoms with E-state index in [-0.39, 0.29) is 9.79 Å². The summed E-state index contributed by atoms with van der Waals surface area (Å²) in [5.41, 5.74) is 1.77. The Bertz CT molecular complexity index is 1100. The number of para-hydroxylation sites is 1. The lowest BCUT2D eigenvalue weighted by atomic mass is 10.1. The molecule has 7 heteroatoms. The Labute approximate surface area is 176 Å². The van der Waals surface area contributed by atoms with E-state index >= 15 is 0 Å². The maximum absolute atomic E-state index is 12.9. The van der Waals surface area contributed by atoms with Crippen LogP contribution in [-0.4, -0.2) is 38.2 Å². The second kappa shape index (κ2) is 9.45. The predicted octanol–water partition coefficient (Wildman–Crippen LogP) is 4.25. The van der Waals surface area contributed by atoms with Gasteiger partial charge in [0.25, 0.3) is 0 Å². The minimum absolute atomic E-state index is 0.111. The van der Waals surface area contributed by atoms with Crippen LogP contribution in [0.2, 0.25) is 0 Å². The van der Waals surface area contributed by atoms with Crippen molar-refractivity contribution < 1.29 is 23.1 Å². The third-order valence-electron chi connectivity index (χ3n) is 4.75. The summed E-state index contributed by atoms with van der Waals surface area (Å²) in [7, 11) is -2.28. The largest absolute Gasteiger partial charge is 0.495 e. The molecule has 0 saturated carbocycles. The summed E-state index contributed by atoms with van der Waals surface area (Å²) in [6, 6.07) is 22.4. The molecule has 1 amide bonds. The van der Waals surface area contributed by atoms with Gasteiger partial charge in [0, 0.05) is 13.1 Å². The van der Waals surface area contributed by atoms with Gasteiger partial charge in [0.15, 0.2) is 0 Å². The number of nitrogens with zero attached hydrogens (tertiary/aromatic N) is 1. The first-order valence-corrected chi connectivity index (χ1v) is 10.9. The first-order valence-electron chi connectivity index (χ1n) is 9.40. The number of sulfone groups is 1. The lowest BCUT2D eigenvalue weighted by molar-refractivity contribution is 0.143. The standard InChI is InChI=1S/C23H23NO5S/c1-29-21-9-5-6-10-22(21)30(27,28)20-13-11-18(12-14-20)15-16-24(23(25)26)17-19-7-3-2-4-8-19/h2-14H,15-17H2,1H3,(H,25,26). The molecule has 0 aliphatic heterocycles. The van der Waals surface area contributed by atoms with Gasteiger partial charge in [-0.3, -0.25) is 0 Å². The first kappa shape index (κ1) is 21.4. The van der Waals surface area contributed by atoms with Gasteiger partial charge in [0.2, 0.25) is 9.84 Å². The SMILES string of the molecule is COc1ccccc1S(=O)(=O)c1ccc(CCN(Cc2ccccc2)C(=O)O)cc1. The van der Waals surface area contributed by atoms with Crippen LogP contribution in [-0.2, 0) is 22.8 Å². The Morgan fingerprint density at radius 3 is 2.17 bits per heavy atom. The number of rotatable bonds is 8. The number of methoxy groups -OCH3 is 1. The van der Waals surface area contributed by atoms with Gasteiger partial charge in [0.1, 0.15) is 10.6 Å². The number of hydrogen-bond donors (Lipinski definition) is 1. The first-order chi connectivity index (χ1) is 14.4. The molecule has 0 fully saturated rings. The van der Waals surface area contributed by atoms with Crippen LogP contribution in [0, 0.1) is 0 Å². The molecule has 0 bridgehead atoms. The number of carboxylic acid groups (broad SMARTS) is 1. The van der Waals surface area contributed by atoms with Crippen LogP contribution in [0.5, 0.6) is 5.75 Å². The minimum atomic E-state index is -3.71. The van der Waals surface area contributed by atoms with Crippen molar-refractivity contribution in [3.05, 3.63) is 90.0 Å². The van der Waals surface area contributed by atoms with E-state index in [1.54, 1.807) is 42.5 Å². The Balaban J connectivity index is 1.71. The van der Waals surface area contributed by atoms with Gasteiger partial charge in [-0.05, 0) is 41.8 Å². The third kappa shape index (κ3) is 4.99. The van der Waals surface area contributed by atoms with Crippen LogP contribution >= 0.6 is 0 Å². The summed E-state index contributed by atoms with van der Waals surface area (Å²) in [4.78, 5) is 13.2. The fourth-order valence-corrected chi connectivity index (χ4v) is 4.54. The van der Waals surface area contributed by atoms with Gasteiger partial charge in [-0.15, -0.1) is 0 Å². The summed E-state index contributed by atoms with van der Waals surface area (Å²) >= 11 is 0. The number of hydrogen-bond acceptors (Lipinski definition) is 4. The molecule has 3 rings (SSSR count). The Hall–Kier alpha value is -3.32. The second-order valence-corrected chi connectivity index (χ2v) is 8.66. The monoisotopic (exact) mass is 425 g/mol. The molecule has 0 heterocycles. The van der Waals surface area contributed by atoms with Crippen molar-refractivity contribution in [3.8, 4) is 5.75 Å². The van der Waals surface area contributed by atoms with Crippen molar-refractivity contribution in [2.75, 3.05) is 13.7 Å². The van der Waals surface area contributed by atoms with Crippen LogP contribution in [0.25, 0.3) is 0 Å². The summed E-state index contributed by atoms with van der Waals surface area (Å²) in [6.45, 7) is 0.610.